The number of nitrogens with two attached hydrogens (primary N) is 1. The van der Waals surface area contributed by atoms with Gasteiger partial charge in [0.15, 0.2) is 11.5 Å². The molecule has 108 valence electrons. The first-order valence-corrected chi connectivity index (χ1v) is 5.22. The van der Waals surface area contributed by atoms with Crippen molar-refractivity contribution < 1.29 is 23.7 Å². The Hall–Kier alpha value is -1.66. The number of esters is 1. The summed E-state index contributed by atoms with van der Waals surface area (Å²) in [6, 6.07) is 2.26. The van der Waals surface area contributed by atoms with Gasteiger partial charge >= 0.3 is 5.97 Å². The molecule has 6 nitrogen and oxygen atoms in total. The lowest BCUT2D eigenvalue weighted by molar-refractivity contribution is -0.142. The molecule has 0 amide bonds. The molecule has 0 radical (unpaired) electrons. The Morgan fingerprint density at radius 2 is 1.47 bits per heavy atom. The summed E-state index contributed by atoms with van der Waals surface area (Å²) in [5.41, 5.74) is 6.26. The zero-order valence-electron chi connectivity index (χ0n) is 11.3. The van der Waals surface area contributed by atoms with Gasteiger partial charge in [0.25, 0.3) is 0 Å². The van der Waals surface area contributed by atoms with E-state index >= 15 is 0 Å². The highest BCUT2D eigenvalue weighted by molar-refractivity contribution is 5.85. The molecule has 0 saturated heterocycles. The summed E-state index contributed by atoms with van der Waals surface area (Å²) in [7, 11) is 5.76. The average Bonchev–Trinajstić information content (AvgIpc) is 2.43. The Kier molecular flexibility index (Phi) is 7.03. The van der Waals surface area contributed by atoms with E-state index in [0.29, 0.717) is 22.8 Å². The SMILES string of the molecule is COC(=O)[C@H](N)c1cc(OC)c(OC)cc1OC.Cl. The lowest BCUT2D eigenvalue weighted by Crippen LogP contribution is -2.23. The van der Waals surface area contributed by atoms with Crippen LogP contribution in [0.5, 0.6) is 17.2 Å². The van der Waals surface area contributed by atoms with Crippen molar-refractivity contribution in [2.45, 2.75) is 6.04 Å². The lowest BCUT2D eigenvalue weighted by atomic mass is 10.1. The topological polar surface area (TPSA) is 80.0 Å². The van der Waals surface area contributed by atoms with E-state index in [-0.39, 0.29) is 12.4 Å². The van der Waals surface area contributed by atoms with Crippen molar-refractivity contribution in [3.63, 3.8) is 0 Å². The summed E-state index contributed by atoms with van der Waals surface area (Å²) in [4.78, 5) is 11.5. The van der Waals surface area contributed by atoms with Crippen molar-refractivity contribution in [1.82, 2.24) is 0 Å². The highest BCUT2D eigenvalue weighted by Crippen LogP contribution is 2.37. The van der Waals surface area contributed by atoms with Crippen molar-refractivity contribution in [3.8, 4) is 17.2 Å². The van der Waals surface area contributed by atoms with E-state index in [1.54, 1.807) is 12.1 Å². The molecule has 0 aliphatic carbocycles. The quantitative estimate of drug-likeness (QED) is 0.824. The van der Waals surface area contributed by atoms with Crippen molar-refractivity contribution in [3.05, 3.63) is 17.7 Å². The van der Waals surface area contributed by atoms with Crippen LogP contribution in [-0.2, 0) is 9.53 Å². The molecule has 0 fully saturated rings. The van der Waals surface area contributed by atoms with Gasteiger partial charge in [-0.15, -0.1) is 12.4 Å². The van der Waals surface area contributed by atoms with Crippen molar-refractivity contribution >= 4 is 18.4 Å². The first-order chi connectivity index (χ1) is 8.58. The van der Waals surface area contributed by atoms with E-state index in [1.807, 2.05) is 0 Å². The second-order valence-corrected chi connectivity index (χ2v) is 3.45. The highest BCUT2D eigenvalue weighted by Gasteiger charge is 2.23. The smallest absolute Gasteiger partial charge is 0.327 e. The normalized spacial score (nSPS) is 11.0. The number of ether oxygens (including phenoxy) is 4. The molecule has 7 heteroatoms. The predicted molar refractivity (Wildman–Crippen MR) is 72.3 cm³/mol. The molecule has 0 saturated carbocycles. The van der Waals surface area contributed by atoms with Gasteiger partial charge in [0.05, 0.1) is 28.4 Å². The Morgan fingerprint density at radius 3 is 1.89 bits per heavy atom. The minimum absolute atomic E-state index is 0. The molecule has 0 bridgehead atoms. The Bertz CT molecular complexity index is 438. The molecule has 0 spiro atoms. The van der Waals surface area contributed by atoms with Gasteiger partial charge in [-0.3, -0.25) is 4.79 Å². The van der Waals surface area contributed by atoms with Gasteiger partial charge in [0.2, 0.25) is 0 Å². The molecule has 0 aliphatic heterocycles. The molecule has 1 rings (SSSR count). The van der Waals surface area contributed by atoms with Gasteiger partial charge in [-0.2, -0.15) is 0 Å². The summed E-state index contributed by atoms with van der Waals surface area (Å²) in [5, 5.41) is 0. The first kappa shape index (κ1) is 17.3. The average molecular weight is 292 g/mol. The minimum Gasteiger partial charge on any atom is -0.496 e. The molecule has 1 atom stereocenters. The first-order valence-electron chi connectivity index (χ1n) is 5.22. The van der Waals surface area contributed by atoms with E-state index in [2.05, 4.69) is 4.74 Å². The molecule has 0 heterocycles. The molecule has 19 heavy (non-hydrogen) atoms. The van der Waals surface area contributed by atoms with Crippen molar-refractivity contribution in [1.29, 1.82) is 0 Å². The summed E-state index contributed by atoms with van der Waals surface area (Å²) in [6.45, 7) is 0. The van der Waals surface area contributed by atoms with Gasteiger partial charge in [-0.05, 0) is 6.07 Å². The monoisotopic (exact) mass is 291 g/mol. The highest BCUT2D eigenvalue weighted by atomic mass is 35.5. The van der Waals surface area contributed by atoms with Crippen LogP contribution in [0.25, 0.3) is 0 Å². The predicted octanol–water partition coefficient (Wildman–Crippen LogP) is 1.31. The molecule has 0 unspecified atom stereocenters. The van der Waals surface area contributed by atoms with E-state index in [4.69, 9.17) is 19.9 Å². The number of halogens is 1. The zero-order chi connectivity index (χ0) is 13.7. The summed E-state index contributed by atoms with van der Waals surface area (Å²) in [5.74, 6) is 0.842. The van der Waals surface area contributed by atoms with Crippen LogP contribution in [0.1, 0.15) is 11.6 Å². The number of carbonyl (C=O) groups is 1. The van der Waals surface area contributed by atoms with Crippen LogP contribution in [0.4, 0.5) is 0 Å². The van der Waals surface area contributed by atoms with Crippen LogP contribution in [0.15, 0.2) is 12.1 Å². The van der Waals surface area contributed by atoms with E-state index < -0.39 is 12.0 Å². The van der Waals surface area contributed by atoms with Crippen LogP contribution < -0.4 is 19.9 Å². The van der Waals surface area contributed by atoms with Crippen molar-refractivity contribution in [2.75, 3.05) is 28.4 Å². The van der Waals surface area contributed by atoms with Gasteiger partial charge in [0, 0.05) is 11.6 Å². The molecular weight excluding hydrogens is 274 g/mol. The van der Waals surface area contributed by atoms with Gasteiger partial charge < -0.3 is 24.7 Å². The Labute approximate surface area is 118 Å². The molecule has 2 N–H and O–H groups in total. The summed E-state index contributed by atoms with van der Waals surface area (Å²) >= 11 is 0. The van der Waals surface area contributed by atoms with Gasteiger partial charge in [0.1, 0.15) is 11.8 Å². The third kappa shape index (κ3) is 3.65. The Balaban J connectivity index is 0.00000324. The van der Waals surface area contributed by atoms with E-state index in [9.17, 15) is 4.79 Å². The fraction of sp³-hybridized carbons (Fsp3) is 0.417. The standard InChI is InChI=1S/C12H17NO5.ClH/c1-15-8-6-10(17-3)9(16-2)5-7(8)11(13)12(14)18-4;/h5-6,11H,13H2,1-4H3;1H/t11-;/m1./s1. The van der Waals surface area contributed by atoms with Gasteiger partial charge in [-0.25, -0.2) is 0 Å². The number of hydrogen-bond donors (Lipinski definition) is 1. The number of rotatable bonds is 5. The fourth-order valence-electron chi connectivity index (χ4n) is 1.55. The number of hydrogen-bond acceptors (Lipinski definition) is 6. The van der Waals surface area contributed by atoms with Crippen LogP contribution >= 0.6 is 12.4 Å². The van der Waals surface area contributed by atoms with Crippen LogP contribution in [0, 0.1) is 0 Å². The maximum Gasteiger partial charge on any atom is 0.327 e. The lowest BCUT2D eigenvalue weighted by Gasteiger charge is -2.17. The number of carbonyl (C=O) groups excluding carboxylic acids is 1. The Morgan fingerprint density at radius 1 is 1.00 bits per heavy atom. The van der Waals surface area contributed by atoms with E-state index in [0.717, 1.165) is 0 Å². The molecular formula is C12H18ClNO5. The fourth-order valence-corrected chi connectivity index (χ4v) is 1.55. The summed E-state index contributed by atoms with van der Waals surface area (Å²) in [6.07, 6.45) is 0. The van der Waals surface area contributed by atoms with Crippen LogP contribution in [0.3, 0.4) is 0 Å². The minimum atomic E-state index is -0.940. The number of methoxy groups -OCH3 is 4. The van der Waals surface area contributed by atoms with Crippen LogP contribution in [-0.4, -0.2) is 34.4 Å². The second-order valence-electron chi connectivity index (χ2n) is 3.45. The third-order valence-electron chi connectivity index (χ3n) is 2.53. The van der Waals surface area contributed by atoms with Gasteiger partial charge in [-0.1, -0.05) is 0 Å². The summed E-state index contributed by atoms with van der Waals surface area (Å²) < 4.78 is 20.1. The molecule has 1 aromatic rings. The molecule has 0 aliphatic rings. The van der Waals surface area contributed by atoms with E-state index in [1.165, 1.54) is 28.4 Å². The largest absolute Gasteiger partial charge is 0.496 e. The second kappa shape index (κ2) is 7.70. The maximum absolute atomic E-state index is 11.5. The molecule has 0 aromatic heterocycles. The zero-order valence-corrected chi connectivity index (χ0v) is 12.1. The van der Waals surface area contributed by atoms with Crippen molar-refractivity contribution in [2.24, 2.45) is 5.73 Å². The maximum atomic E-state index is 11.5. The van der Waals surface area contributed by atoms with Crippen LogP contribution in [0.2, 0.25) is 0 Å². The molecule has 1 aromatic carbocycles. The number of benzene rings is 1. The third-order valence-corrected chi connectivity index (χ3v) is 2.53.